The molecule has 0 saturated carbocycles. The predicted octanol–water partition coefficient (Wildman–Crippen LogP) is 4.06. The zero-order chi connectivity index (χ0) is 15.6. The summed E-state index contributed by atoms with van der Waals surface area (Å²) in [7, 11) is 3.21. The summed E-state index contributed by atoms with van der Waals surface area (Å²) in [4.78, 5) is 0. The standard InChI is InChI=1S/C17H19ClO3/c1-10-7-12(8-11(2)17(10)21-4)16(19)14-6-5-13(18)9-15(14)20-3/h5-9,16,19H,1-4H3. The van der Waals surface area contributed by atoms with E-state index in [1.165, 1.54) is 0 Å². The number of methoxy groups -OCH3 is 2. The molecule has 0 amide bonds. The summed E-state index contributed by atoms with van der Waals surface area (Å²) < 4.78 is 10.7. The maximum Gasteiger partial charge on any atom is 0.126 e. The van der Waals surface area contributed by atoms with Crippen molar-refractivity contribution in [2.45, 2.75) is 20.0 Å². The molecule has 2 aromatic rings. The lowest BCUT2D eigenvalue weighted by Crippen LogP contribution is -2.04. The Morgan fingerprint density at radius 1 is 1.00 bits per heavy atom. The van der Waals surface area contributed by atoms with Crippen LogP contribution in [0.1, 0.15) is 28.4 Å². The number of aryl methyl sites for hydroxylation is 2. The molecule has 0 spiro atoms. The fourth-order valence-electron chi connectivity index (χ4n) is 2.55. The van der Waals surface area contributed by atoms with Gasteiger partial charge in [0.2, 0.25) is 0 Å². The minimum Gasteiger partial charge on any atom is -0.496 e. The second-order valence-corrected chi connectivity index (χ2v) is 5.41. The average molecular weight is 307 g/mol. The van der Waals surface area contributed by atoms with E-state index in [-0.39, 0.29) is 0 Å². The third-order valence-electron chi connectivity index (χ3n) is 3.49. The van der Waals surface area contributed by atoms with Crippen molar-refractivity contribution in [2.24, 2.45) is 0 Å². The van der Waals surface area contributed by atoms with Crippen LogP contribution < -0.4 is 9.47 Å². The molecule has 0 fully saturated rings. The van der Waals surface area contributed by atoms with Gasteiger partial charge in [0.25, 0.3) is 0 Å². The Morgan fingerprint density at radius 3 is 2.14 bits per heavy atom. The molecular formula is C17H19ClO3. The van der Waals surface area contributed by atoms with Crippen LogP contribution in [0, 0.1) is 13.8 Å². The van der Waals surface area contributed by atoms with Crippen molar-refractivity contribution >= 4 is 11.6 Å². The van der Waals surface area contributed by atoms with Gasteiger partial charge in [-0.2, -0.15) is 0 Å². The van der Waals surface area contributed by atoms with Crippen LogP contribution in [0.15, 0.2) is 30.3 Å². The molecule has 0 aliphatic rings. The maximum absolute atomic E-state index is 10.6. The predicted molar refractivity (Wildman–Crippen MR) is 84.5 cm³/mol. The summed E-state index contributed by atoms with van der Waals surface area (Å²) in [5.74, 6) is 1.41. The first-order valence-corrected chi connectivity index (χ1v) is 7.02. The van der Waals surface area contributed by atoms with E-state index in [9.17, 15) is 5.11 Å². The molecule has 0 aliphatic heterocycles. The molecule has 112 valence electrons. The van der Waals surface area contributed by atoms with Crippen LogP contribution in [0.2, 0.25) is 5.02 Å². The summed E-state index contributed by atoms with van der Waals surface area (Å²) in [6.45, 7) is 3.92. The molecule has 0 heterocycles. The van der Waals surface area contributed by atoms with Gasteiger partial charge < -0.3 is 14.6 Å². The summed E-state index contributed by atoms with van der Waals surface area (Å²) in [6.07, 6.45) is -0.777. The lowest BCUT2D eigenvalue weighted by Gasteiger charge is -2.18. The van der Waals surface area contributed by atoms with Crippen molar-refractivity contribution < 1.29 is 14.6 Å². The van der Waals surface area contributed by atoms with Crippen LogP contribution in [-0.4, -0.2) is 19.3 Å². The SMILES string of the molecule is COc1cc(Cl)ccc1C(O)c1cc(C)c(OC)c(C)c1. The molecule has 1 atom stereocenters. The Labute approximate surface area is 130 Å². The van der Waals surface area contributed by atoms with Gasteiger partial charge in [0.1, 0.15) is 17.6 Å². The van der Waals surface area contributed by atoms with E-state index in [2.05, 4.69) is 0 Å². The van der Waals surface area contributed by atoms with E-state index >= 15 is 0 Å². The van der Waals surface area contributed by atoms with Gasteiger partial charge in [-0.15, -0.1) is 0 Å². The summed E-state index contributed by atoms with van der Waals surface area (Å²) in [5, 5.41) is 11.2. The van der Waals surface area contributed by atoms with Crippen molar-refractivity contribution in [3.8, 4) is 11.5 Å². The molecule has 3 nitrogen and oxygen atoms in total. The second-order valence-electron chi connectivity index (χ2n) is 4.98. The van der Waals surface area contributed by atoms with Crippen molar-refractivity contribution in [2.75, 3.05) is 14.2 Å². The summed E-state index contributed by atoms with van der Waals surface area (Å²) in [6, 6.07) is 9.06. The van der Waals surface area contributed by atoms with E-state index in [1.54, 1.807) is 32.4 Å². The van der Waals surface area contributed by atoms with E-state index in [4.69, 9.17) is 21.1 Å². The molecule has 0 saturated heterocycles. The van der Waals surface area contributed by atoms with Crippen LogP contribution >= 0.6 is 11.6 Å². The van der Waals surface area contributed by atoms with Crippen molar-refractivity contribution in [1.82, 2.24) is 0 Å². The second kappa shape index (κ2) is 6.37. The molecule has 1 N–H and O–H groups in total. The van der Waals surface area contributed by atoms with Crippen LogP contribution in [0.4, 0.5) is 0 Å². The van der Waals surface area contributed by atoms with Gasteiger partial charge >= 0.3 is 0 Å². The zero-order valence-corrected chi connectivity index (χ0v) is 13.4. The number of aliphatic hydroxyl groups is 1. The van der Waals surface area contributed by atoms with Gasteiger partial charge in [-0.1, -0.05) is 17.7 Å². The average Bonchev–Trinajstić information content (AvgIpc) is 2.46. The first kappa shape index (κ1) is 15.7. The first-order chi connectivity index (χ1) is 9.97. The van der Waals surface area contributed by atoms with Crippen molar-refractivity contribution in [3.05, 3.63) is 57.6 Å². The Kier molecular flexibility index (Phi) is 4.76. The lowest BCUT2D eigenvalue weighted by atomic mass is 9.96. The number of hydrogen-bond donors (Lipinski definition) is 1. The molecule has 0 radical (unpaired) electrons. The van der Waals surface area contributed by atoms with Crippen LogP contribution in [0.5, 0.6) is 11.5 Å². The van der Waals surface area contributed by atoms with E-state index in [0.717, 1.165) is 22.4 Å². The summed E-state index contributed by atoms with van der Waals surface area (Å²) >= 11 is 5.96. The highest BCUT2D eigenvalue weighted by atomic mass is 35.5. The highest BCUT2D eigenvalue weighted by Crippen LogP contribution is 2.35. The van der Waals surface area contributed by atoms with Crippen LogP contribution in [0.3, 0.4) is 0 Å². The molecule has 0 aliphatic carbocycles. The quantitative estimate of drug-likeness (QED) is 0.926. The highest BCUT2D eigenvalue weighted by Gasteiger charge is 2.18. The monoisotopic (exact) mass is 306 g/mol. The first-order valence-electron chi connectivity index (χ1n) is 6.64. The van der Waals surface area contributed by atoms with Gasteiger partial charge in [0, 0.05) is 10.6 Å². The Balaban J connectivity index is 2.47. The van der Waals surface area contributed by atoms with Crippen molar-refractivity contribution in [1.29, 1.82) is 0 Å². The molecule has 0 bridgehead atoms. The topological polar surface area (TPSA) is 38.7 Å². The fourth-order valence-corrected chi connectivity index (χ4v) is 2.72. The van der Waals surface area contributed by atoms with Gasteiger partial charge in [-0.3, -0.25) is 0 Å². The van der Waals surface area contributed by atoms with Crippen LogP contribution in [0.25, 0.3) is 0 Å². The van der Waals surface area contributed by atoms with Crippen molar-refractivity contribution in [3.63, 3.8) is 0 Å². The Bertz CT molecular complexity index is 629. The fraction of sp³-hybridized carbons (Fsp3) is 0.294. The van der Waals surface area contributed by atoms with Gasteiger partial charge in [0.15, 0.2) is 0 Å². The van der Waals surface area contributed by atoms with Gasteiger partial charge in [-0.05, 0) is 54.8 Å². The Morgan fingerprint density at radius 2 is 1.62 bits per heavy atom. The normalized spacial score (nSPS) is 12.1. The Hall–Kier alpha value is -1.71. The van der Waals surface area contributed by atoms with Gasteiger partial charge in [-0.25, -0.2) is 0 Å². The molecule has 4 heteroatoms. The molecule has 21 heavy (non-hydrogen) atoms. The summed E-state index contributed by atoms with van der Waals surface area (Å²) in [5.41, 5.74) is 3.45. The minimum atomic E-state index is -0.777. The lowest BCUT2D eigenvalue weighted by molar-refractivity contribution is 0.214. The maximum atomic E-state index is 10.6. The molecule has 1 unspecified atom stereocenters. The third kappa shape index (κ3) is 3.14. The number of rotatable bonds is 4. The smallest absolute Gasteiger partial charge is 0.126 e. The molecule has 2 aromatic carbocycles. The molecule has 2 rings (SSSR count). The molecule has 0 aromatic heterocycles. The minimum absolute atomic E-state index is 0.570. The van der Waals surface area contributed by atoms with Gasteiger partial charge in [0.05, 0.1) is 14.2 Å². The zero-order valence-electron chi connectivity index (χ0n) is 12.6. The number of ether oxygens (including phenoxy) is 2. The number of halogens is 1. The van der Waals surface area contributed by atoms with E-state index in [0.29, 0.717) is 16.3 Å². The number of benzene rings is 2. The number of hydrogen-bond acceptors (Lipinski definition) is 3. The van der Waals surface area contributed by atoms with Crippen LogP contribution in [-0.2, 0) is 0 Å². The molecular weight excluding hydrogens is 288 g/mol. The van der Waals surface area contributed by atoms with E-state index in [1.807, 2.05) is 26.0 Å². The van der Waals surface area contributed by atoms with E-state index < -0.39 is 6.10 Å². The highest BCUT2D eigenvalue weighted by molar-refractivity contribution is 6.30. The number of aliphatic hydroxyl groups excluding tert-OH is 1. The third-order valence-corrected chi connectivity index (χ3v) is 3.73. The largest absolute Gasteiger partial charge is 0.496 e.